The van der Waals surface area contributed by atoms with Gasteiger partial charge in [-0.2, -0.15) is 0 Å². The van der Waals surface area contributed by atoms with Crippen molar-refractivity contribution in [3.05, 3.63) is 87.1 Å². The van der Waals surface area contributed by atoms with Crippen LogP contribution >= 0.6 is 11.3 Å². The topological polar surface area (TPSA) is 85.1 Å². The molecule has 1 heterocycles. The third kappa shape index (κ3) is 5.48. The molecule has 2 amide bonds. The van der Waals surface area contributed by atoms with Crippen LogP contribution in [0.1, 0.15) is 45.2 Å². The highest BCUT2D eigenvalue weighted by molar-refractivity contribution is 7.09. The summed E-state index contributed by atoms with van der Waals surface area (Å²) < 4.78 is 13.9. The van der Waals surface area contributed by atoms with E-state index in [2.05, 4.69) is 10.3 Å². The average Bonchev–Trinajstić information content (AvgIpc) is 3.19. The van der Waals surface area contributed by atoms with Gasteiger partial charge in [-0.25, -0.2) is 9.37 Å². The fourth-order valence-electron chi connectivity index (χ4n) is 2.95. The molecule has 0 fully saturated rings. The predicted molar refractivity (Wildman–Crippen MR) is 111 cm³/mol. The number of aromatic nitrogens is 1. The lowest BCUT2D eigenvalue weighted by Crippen LogP contribution is -2.31. The van der Waals surface area contributed by atoms with E-state index in [4.69, 9.17) is 5.73 Å². The summed E-state index contributed by atoms with van der Waals surface area (Å²) in [6, 6.07) is 12.8. The van der Waals surface area contributed by atoms with Crippen molar-refractivity contribution in [2.45, 2.75) is 32.2 Å². The number of amides is 2. The van der Waals surface area contributed by atoms with Crippen LogP contribution in [-0.4, -0.2) is 16.8 Å². The van der Waals surface area contributed by atoms with Crippen molar-refractivity contribution in [3.8, 4) is 0 Å². The second kappa shape index (κ2) is 9.43. The molecule has 3 rings (SSSR count). The maximum absolute atomic E-state index is 13.9. The van der Waals surface area contributed by atoms with Crippen molar-refractivity contribution in [1.29, 1.82) is 0 Å². The Balaban J connectivity index is 1.78. The van der Waals surface area contributed by atoms with Crippen molar-refractivity contribution in [2.24, 2.45) is 5.73 Å². The maximum Gasteiger partial charge on any atom is 0.248 e. The first-order valence-electron chi connectivity index (χ1n) is 9.32. The minimum absolute atomic E-state index is 0.0458. The number of nitrogens with zero attached hydrogens (tertiary/aromatic N) is 1. The molecular weight excluding hydrogens is 389 g/mol. The van der Waals surface area contributed by atoms with E-state index in [-0.39, 0.29) is 18.4 Å². The first kappa shape index (κ1) is 20.7. The van der Waals surface area contributed by atoms with Crippen molar-refractivity contribution in [3.63, 3.8) is 0 Å². The van der Waals surface area contributed by atoms with E-state index >= 15 is 0 Å². The van der Waals surface area contributed by atoms with Gasteiger partial charge in [0, 0.05) is 10.9 Å². The quantitative estimate of drug-likeness (QED) is 0.594. The van der Waals surface area contributed by atoms with Gasteiger partial charge in [-0.1, -0.05) is 37.3 Å². The Morgan fingerprint density at radius 2 is 1.90 bits per heavy atom. The molecule has 0 saturated carbocycles. The summed E-state index contributed by atoms with van der Waals surface area (Å²) in [5, 5.41) is 5.75. The molecule has 0 aliphatic rings. The van der Waals surface area contributed by atoms with Gasteiger partial charge in [-0.3, -0.25) is 9.59 Å². The van der Waals surface area contributed by atoms with Crippen molar-refractivity contribution >= 4 is 23.2 Å². The van der Waals surface area contributed by atoms with Crippen molar-refractivity contribution in [1.82, 2.24) is 10.3 Å². The molecule has 3 aromatic rings. The number of hydrogen-bond acceptors (Lipinski definition) is 4. The van der Waals surface area contributed by atoms with E-state index in [0.717, 1.165) is 22.7 Å². The largest absolute Gasteiger partial charge is 0.366 e. The third-order valence-corrected chi connectivity index (χ3v) is 5.56. The molecule has 3 N–H and O–H groups in total. The van der Waals surface area contributed by atoms with Gasteiger partial charge in [-0.15, -0.1) is 11.3 Å². The monoisotopic (exact) mass is 411 g/mol. The second-order valence-electron chi connectivity index (χ2n) is 6.68. The zero-order chi connectivity index (χ0) is 20.8. The summed E-state index contributed by atoms with van der Waals surface area (Å²) in [6.07, 6.45) is 1.26. The first-order valence-corrected chi connectivity index (χ1v) is 10.2. The minimum atomic E-state index is -0.487. The number of primary amides is 1. The van der Waals surface area contributed by atoms with E-state index in [0.29, 0.717) is 17.5 Å². The SMILES string of the molecule is CCc1csc(C(Cc2ccc(C(N)=O)cc2)NC(=O)Cc2ccccc2F)n1. The maximum atomic E-state index is 13.9. The van der Waals surface area contributed by atoms with E-state index in [1.165, 1.54) is 17.4 Å². The molecule has 0 spiro atoms. The molecule has 2 aromatic carbocycles. The van der Waals surface area contributed by atoms with E-state index in [9.17, 15) is 14.0 Å². The number of benzene rings is 2. The smallest absolute Gasteiger partial charge is 0.248 e. The lowest BCUT2D eigenvalue weighted by atomic mass is 10.0. The first-order chi connectivity index (χ1) is 14.0. The average molecular weight is 412 g/mol. The molecule has 7 heteroatoms. The zero-order valence-corrected chi connectivity index (χ0v) is 16.8. The molecule has 0 aliphatic carbocycles. The van der Waals surface area contributed by atoms with E-state index < -0.39 is 11.7 Å². The molecule has 0 bridgehead atoms. The van der Waals surface area contributed by atoms with Gasteiger partial charge in [0.2, 0.25) is 11.8 Å². The van der Waals surface area contributed by atoms with Crippen LogP contribution in [0, 0.1) is 5.82 Å². The van der Waals surface area contributed by atoms with E-state index in [1.807, 2.05) is 24.4 Å². The lowest BCUT2D eigenvalue weighted by molar-refractivity contribution is -0.121. The fraction of sp³-hybridized carbons (Fsp3) is 0.227. The zero-order valence-electron chi connectivity index (χ0n) is 16.0. The normalized spacial score (nSPS) is 11.8. The third-order valence-electron chi connectivity index (χ3n) is 4.55. The predicted octanol–water partition coefficient (Wildman–Crippen LogP) is 3.59. The Morgan fingerprint density at radius 3 is 2.52 bits per heavy atom. The van der Waals surface area contributed by atoms with Crippen LogP contribution in [0.15, 0.2) is 53.9 Å². The number of hydrogen-bond donors (Lipinski definition) is 2. The summed E-state index contributed by atoms with van der Waals surface area (Å²) >= 11 is 1.49. The van der Waals surface area contributed by atoms with Crippen LogP contribution in [0.3, 0.4) is 0 Å². The molecule has 1 unspecified atom stereocenters. The summed E-state index contributed by atoms with van der Waals surface area (Å²) in [6.45, 7) is 2.02. The Kier molecular flexibility index (Phi) is 6.72. The number of nitrogens with one attached hydrogen (secondary N) is 1. The van der Waals surface area contributed by atoms with Crippen LogP contribution in [-0.2, 0) is 24.1 Å². The molecule has 1 aromatic heterocycles. The van der Waals surface area contributed by atoms with Gasteiger partial charge >= 0.3 is 0 Å². The van der Waals surface area contributed by atoms with Gasteiger partial charge < -0.3 is 11.1 Å². The van der Waals surface area contributed by atoms with Gasteiger partial charge in [0.1, 0.15) is 10.8 Å². The number of halogens is 1. The van der Waals surface area contributed by atoms with Crippen LogP contribution in [0.25, 0.3) is 0 Å². The Bertz CT molecular complexity index is 1000. The van der Waals surface area contributed by atoms with E-state index in [1.54, 1.807) is 30.3 Å². The van der Waals surface area contributed by atoms with Crippen LogP contribution < -0.4 is 11.1 Å². The van der Waals surface area contributed by atoms with Crippen LogP contribution in [0.4, 0.5) is 4.39 Å². The minimum Gasteiger partial charge on any atom is -0.366 e. The Labute approximate surface area is 172 Å². The molecule has 0 radical (unpaired) electrons. The van der Waals surface area contributed by atoms with Crippen molar-refractivity contribution in [2.75, 3.05) is 0 Å². The van der Waals surface area contributed by atoms with Crippen LogP contribution in [0.2, 0.25) is 0 Å². The van der Waals surface area contributed by atoms with Gasteiger partial charge in [0.25, 0.3) is 0 Å². The number of thiazole rings is 1. The summed E-state index contributed by atoms with van der Waals surface area (Å²) in [5.74, 6) is -1.16. The number of rotatable bonds is 8. The summed E-state index contributed by atoms with van der Waals surface area (Å²) in [7, 11) is 0. The lowest BCUT2D eigenvalue weighted by Gasteiger charge is -2.17. The molecule has 5 nitrogen and oxygen atoms in total. The molecule has 29 heavy (non-hydrogen) atoms. The Morgan fingerprint density at radius 1 is 1.17 bits per heavy atom. The number of carbonyl (C=O) groups is 2. The molecule has 0 saturated heterocycles. The van der Waals surface area contributed by atoms with Crippen LogP contribution in [0.5, 0.6) is 0 Å². The summed E-state index contributed by atoms with van der Waals surface area (Å²) in [5.41, 5.74) is 7.96. The number of carbonyl (C=O) groups excluding carboxylic acids is 2. The number of aryl methyl sites for hydroxylation is 1. The molecule has 0 aliphatic heterocycles. The van der Waals surface area contributed by atoms with Gasteiger partial charge in [0.05, 0.1) is 18.2 Å². The highest BCUT2D eigenvalue weighted by Crippen LogP contribution is 2.23. The summed E-state index contributed by atoms with van der Waals surface area (Å²) in [4.78, 5) is 28.5. The molecular formula is C22H22FN3O2S. The van der Waals surface area contributed by atoms with Crippen molar-refractivity contribution < 1.29 is 14.0 Å². The molecule has 150 valence electrons. The Hall–Kier alpha value is -3.06. The fourth-order valence-corrected chi connectivity index (χ4v) is 3.90. The van der Waals surface area contributed by atoms with Gasteiger partial charge in [0.15, 0.2) is 0 Å². The standard InChI is InChI=1S/C22H22FN3O2S/c1-2-17-13-29-22(25-17)19(11-14-7-9-15(10-8-14)21(24)28)26-20(27)12-16-5-3-4-6-18(16)23/h3-10,13,19H,2,11-12H2,1H3,(H2,24,28)(H,26,27). The van der Waals surface area contributed by atoms with Gasteiger partial charge in [-0.05, 0) is 42.2 Å². The highest BCUT2D eigenvalue weighted by atomic mass is 32.1. The highest BCUT2D eigenvalue weighted by Gasteiger charge is 2.20. The molecule has 1 atom stereocenters. The number of nitrogens with two attached hydrogens (primary N) is 1. The second-order valence-corrected chi connectivity index (χ2v) is 7.57.